The molecule has 0 heterocycles. The lowest BCUT2D eigenvalue weighted by Crippen LogP contribution is -2.51. The molecule has 0 aliphatic rings. The van der Waals surface area contributed by atoms with Crippen molar-refractivity contribution in [2.24, 2.45) is 0 Å². The zero-order chi connectivity index (χ0) is 27.0. The molecule has 0 radical (unpaired) electrons. The lowest BCUT2D eigenvalue weighted by Gasteiger charge is -2.32. The summed E-state index contributed by atoms with van der Waals surface area (Å²) in [5.74, 6) is -0.796. The molecule has 3 aromatic rings. The Hall–Kier alpha value is -3.36. The van der Waals surface area contributed by atoms with Gasteiger partial charge in [-0.05, 0) is 67.8 Å². The molecule has 0 saturated heterocycles. The summed E-state index contributed by atoms with van der Waals surface area (Å²) < 4.78 is 28.6. The van der Waals surface area contributed by atoms with E-state index in [1.165, 1.54) is 29.2 Å². The second-order valence-electron chi connectivity index (χ2n) is 8.78. The van der Waals surface area contributed by atoms with Crippen LogP contribution in [0.5, 0.6) is 0 Å². The number of carbonyl (C=O) groups is 2. The number of anilines is 1. The summed E-state index contributed by atoms with van der Waals surface area (Å²) in [7, 11) is -4.12. The highest BCUT2D eigenvalue weighted by Crippen LogP contribution is 2.26. The van der Waals surface area contributed by atoms with Gasteiger partial charge in [0.2, 0.25) is 11.8 Å². The average Bonchev–Trinajstić information content (AvgIpc) is 2.89. The highest BCUT2D eigenvalue weighted by atomic mass is 35.5. The summed E-state index contributed by atoms with van der Waals surface area (Å²) in [5, 5.41) is 3.23. The maximum Gasteiger partial charge on any atom is 0.264 e. The molecule has 0 aromatic heterocycles. The monoisotopic (exact) mass is 541 g/mol. The third kappa shape index (κ3) is 7.33. The molecule has 1 unspecified atom stereocenters. The van der Waals surface area contributed by atoms with E-state index < -0.39 is 28.5 Å². The van der Waals surface area contributed by atoms with Crippen LogP contribution in [-0.4, -0.2) is 44.3 Å². The molecule has 0 spiro atoms. The van der Waals surface area contributed by atoms with Crippen LogP contribution in [0.4, 0.5) is 5.69 Å². The van der Waals surface area contributed by atoms with Gasteiger partial charge in [-0.15, -0.1) is 0 Å². The van der Waals surface area contributed by atoms with E-state index in [9.17, 15) is 18.0 Å². The molecule has 2 amide bonds. The van der Waals surface area contributed by atoms with Crippen LogP contribution in [0.3, 0.4) is 0 Å². The Balaban J connectivity index is 2.00. The fourth-order valence-electron chi connectivity index (χ4n) is 3.80. The molecule has 9 heteroatoms. The number of halogens is 1. The van der Waals surface area contributed by atoms with Gasteiger partial charge in [0.15, 0.2) is 0 Å². The van der Waals surface area contributed by atoms with Crippen molar-refractivity contribution in [3.05, 3.63) is 95.0 Å². The number of sulfonamides is 1. The predicted octanol–water partition coefficient (Wildman–Crippen LogP) is 4.79. The van der Waals surface area contributed by atoms with Gasteiger partial charge in [0.25, 0.3) is 10.0 Å². The van der Waals surface area contributed by atoms with Crippen LogP contribution in [0.15, 0.2) is 83.8 Å². The maximum absolute atomic E-state index is 13.8. The fourth-order valence-corrected chi connectivity index (χ4v) is 5.34. The Morgan fingerprint density at radius 1 is 0.973 bits per heavy atom. The van der Waals surface area contributed by atoms with Crippen LogP contribution in [0.25, 0.3) is 0 Å². The van der Waals surface area contributed by atoms with Crippen LogP contribution in [0, 0.1) is 6.92 Å². The van der Waals surface area contributed by atoms with E-state index in [1.807, 2.05) is 50.2 Å². The Bertz CT molecular complexity index is 1310. The number of hydrogen-bond donors (Lipinski definition) is 1. The topological polar surface area (TPSA) is 86.8 Å². The second kappa shape index (κ2) is 12.7. The van der Waals surface area contributed by atoms with Crippen molar-refractivity contribution >= 4 is 39.1 Å². The van der Waals surface area contributed by atoms with E-state index in [1.54, 1.807) is 25.1 Å². The van der Waals surface area contributed by atoms with Crippen molar-refractivity contribution in [1.82, 2.24) is 10.2 Å². The summed E-state index contributed by atoms with van der Waals surface area (Å²) in [4.78, 5) is 28.1. The van der Waals surface area contributed by atoms with Gasteiger partial charge >= 0.3 is 0 Å². The molecule has 0 aliphatic carbocycles. The summed E-state index contributed by atoms with van der Waals surface area (Å²) in [5.41, 5.74) is 2.02. The molecule has 0 aliphatic heterocycles. The molecule has 0 bridgehead atoms. The molecule has 0 fully saturated rings. The number of nitrogens with zero attached hydrogens (tertiary/aromatic N) is 2. The molecular weight excluding hydrogens is 510 g/mol. The molecular formula is C28H32ClN3O4S. The quantitative estimate of drug-likeness (QED) is 0.378. The molecule has 3 rings (SSSR count). The van der Waals surface area contributed by atoms with Gasteiger partial charge < -0.3 is 10.2 Å². The number of benzene rings is 3. The van der Waals surface area contributed by atoms with E-state index in [2.05, 4.69) is 5.32 Å². The largest absolute Gasteiger partial charge is 0.354 e. The lowest BCUT2D eigenvalue weighted by atomic mass is 10.1. The highest BCUT2D eigenvalue weighted by molar-refractivity contribution is 7.92. The summed E-state index contributed by atoms with van der Waals surface area (Å²) in [6.45, 7) is 5.60. The van der Waals surface area contributed by atoms with E-state index in [-0.39, 0.29) is 17.3 Å². The highest BCUT2D eigenvalue weighted by Gasteiger charge is 2.32. The van der Waals surface area contributed by atoms with Crippen LogP contribution in [0.2, 0.25) is 5.02 Å². The Morgan fingerprint density at radius 3 is 2.27 bits per heavy atom. The third-order valence-electron chi connectivity index (χ3n) is 5.88. The molecule has 0 saturated carbocycles. The van der Waals surface area contributed by atoms with Crippen molar-refractivity contribution in [2.75, 3.05) is 17.4 Å². The van der Waals surface area contributed by atoms with E-state index >= 15 is 0 Å². The molecule has 37 heavy (non-hydrogen) atoms. The van der Waals surface area contributed by atoms with Crippen molar-refractivity contribution in [3.8, 4) is 0 Å². The van der Waals surface area contributed by atoms with Gasteiger partial charge in [0.1, 0.15) is 12.6 Å². The number of aryl methyl sites for hydroxylation is 1. The minimum atomic E-state index is -4.12. The van der Waals surface area contributed by atoms with Crippen LogP contribution >= 0.6 is 11.6 Å². The zero-order valence-electron chi connectivity index (χ0n) is 21.2. The number of amides is 2. The van der Waals surface area contributed by atoms with E-state index in [0.717, 1.165) is 21.9 Å². The predicted molar refractivity (Wildman–Crippen MR) is 147 cm³/mol. The van der Waals surface area contributed by atoms with Crippen molar-refractivity contribution in [2.45, 2.75) is 44.7 Å². The first-order chi connectivity index (χ1) is 17.6. The van der Waals surface area contributed by atoms with Gasteiger partial charge in [0, 0.05) is 18.1 Å². The zero-order valence-corrected chi connectivity index (χ0v) is 22.8. The summed E-state index contributed by atoms with van der Waals surface area (Å²) in [6, 6.07) is 21.2. The van der Waals surface area contributed by atoms with Crippen molar-refractivity contribution < 1.29 is 18.0 Å². The lowest BCUT2D eigenvalue weighted by molar-refractivity contribution is -0.139. The smallest absolute Gasteiger partial charge is 0.264 e. The molecule has 7 nitrogen and oxygen atoms in total. The normalized spacial score (nSPS) is 12.0. The number of rotatable bonds is 11. The first-order valence-electron chi connectivity index (χ1n) is 12.1. The molecule has 3 aromatic carbocycles. The maximum atomic E-state index is 13.8. The third-order valence-corrected chi connectivity index (χ3v) is 7.92. The molecule has 1 atom stereocenters. The SMILES string of the molecule is CCCNC(=O)C(C)N(Cc1ccccc1)C(=O)CN(c1cccc(C)c1)S(=O)(=O)c1ccc(Cl)cc1. The number of carbonyl (C=O) groups excluding carboxylic acids is 2. The van der Waals surface area contributed by atoms with Gasteiger partial charge in [-0.25, -0.2) is 8.42 Å². The second-order valence-corrected chi connectivity index (χ2v) is 11.1. The van der Waals surface area contributed by atoms with E-state index in [0.29, 0.717) is 17.3 Å². The van der Waals surface area contributed by atoms with Gasteiger partial charge in [-0.3, -0.25) is 13.9 Å². The van der Waals surface area contributed by atoms with Crippen LogP contribution in [-0.2, 0) is 26.2 Å². The van der Waals surface area contributed by atoms with E-state index in [4.69, 9.17) is 11.6 Å². The minimum absolute atomic E-state index is 0.00885. The fraction of sp³-hybridized carbons (Fsp3) is 0.286. The first kappa shape index (κ1) is 28.2. The first-order valence-corrected chi connectivity index (χ1v) is 13.9. The van der Waals surface area contributed by atoms with Crippen LogP contribution in [0.1, 0.15) is 31.4 Å². The van der Waals surface area contributed by atoms with Crippen molar-refractivity contribution in [3.63, 3.8) is 0 Å². The van der Waals surface area contributed by atoms with Crippen LogP contribution < -0.4 is 9.62 Å². The van der Waals surface area contributed by atoms with Crippen molar-refractivity contribution in [1.29, 1.82) is 0 Å². The van der Waals surface area contributed by atoms with Gasteiger partial charge in [-0.1, -0.05) is 61.0 Å². The number of hydrogen-bond acceptors (Lipinski definition) is 4. The molecule has 196 valence electrons. The Morgan fingerprint density at radius 2 is 1.65 bits per heavy atom. The van der Waals surface area contributed by atoms with Gasteiger partial charge in [0.05, 0.1) is 10.6 Å². The summed E-state index contributed by atoms with van der Waals surface area (Å²) >= 11 is 5.98. The standard InChI is InChI=1S/C28H32ClN3O4S/c1-4-17-30-28(34)22(3)31(19-23-10-6-5-7-11-23)27(33)20-32(25-12-8-9-21(2)18-25)37(35,36)26-15-13-24(29)14-16-26/h5-16,18,22H,4,17,19-20H2,1-3H3,(H,30,34). The van der Waals surface area contributed by atoms with Gasteiger partial charge in [-0.2, -0.15) is 0 Å². The Kier molecular flexibility index (Phi) is 9.72. The summed E-state index contributed by atoms with van der Waals surface area (Å²) in [6.07, 6.45) is 0.756. The Labute approximate surface area is 224 Å². The average molecular weight is 542 g/mol. The minimum Gasteiger partial charge on any atom is -0.354 e. The number of nitrogens with one attached hydrogen (secondary N) is 1. The molecule has 1 N–H and O–H groups in total.